The summed E-state index contributed by atoms with van der Waals surface area (Å²) in [6, 6.07) is 0.319. The molecule has 10 nitrogen and oxygen atoms in total. The number of H-pyrrole nitrogens is 2. The normalized spacial score (nSPS) is 9.54. The Labute approximate surface area is 71.3 Å². The van der Waals surface area contributed by atoms with Crippen LogP contribution in [-0.4, -0.2) is 48.9 Å². The van der Waals surface area contributed by atoms with Gasteiger partial charge in [0.05, 0.1) is 0 Å². The maximum atomic E-state index is 4.89. The Bertz CT molecular complexity index is 297. The summed E-state index contributed by atoms with van der Waals surface area (Å²) < 4.78 is 9.78. The van der Waals surface area contributed by atoms with Crippen LogP contribution in [0.25, 0.3) is 0 Å². The second-order valence-electron chi connectivity index (χ2n) is 1.82. The first-order chi connectivity index (χ1) is 6.45. The molecular formula is C2H3BN8O2. The Morgan fingerprint density at radius 1 is 0.923 bits per heavy atom. The van der Waals surface area contributed by atoms with Crippen molar-refractivity contribution in [3.05, 3.63) is 0 Å². The molecule has 0 aromatic carbocycles. The summed E-state index contributed by atoms with van der Waals surface area (Å²) >= 11 is 0. The van der Waals surface area contributed by atoms with Gasteiger partial charge in [-0.1, -0.05) is 10.2 Å². The highest BCUT2D eigenvalue weighted by Gasteiger charge is 2.03. The van der Waals surface area contributed by atoms with E-state index in [1.165, 1.54) is 0 Å². The predicted molar refractivity (Wildman–Crippen MR) is 36.8 cm³/mol. The van der Waals surface area contributed by atoms with Gasteiger partial charge in [-0.15, -0.1) is 0 Å². The van der Waals surface area contributed by atoms with E-state index in [1.54, 1.807) is 0 Å². The zero-order chi connectivity index (χ0) is 8.93. The van der Waals surface area contributed by atoms with Crippen molar-refractivity contribution in [2.45, 2.75) is 0 Å². The summed E-state index contributed by atoms with van der Waals surface area (Å²) in [7, 11) is -0.0895. The molecule has 0 aliphatic rings. The Morgan fingerprint density at radius 2 is 1.46 bits per heavy atom. The van der Waals surface area contributed by atoms with E-state index in [2.05, 4.69) is 41.2 Å². The molecule has 2 rings (SSSR count). The van der Waals surface area contributed by atoms with Crippen LogP contribution in [0, 0.1) is 0 Å². The smallest absolute Gasteiger partial charge is 0.499 e. The van der Waals surface area contributed by atoms with Gasteiger partial charge in [-0.05, 0) is 20.9 Å². The number of hydrogen-bond acceptors (Lipinski definition) is 8. The van der Waals surface area contributed by atoms with Crippen LogP contribution in [0.1, 0.15) is 0 Å². The molecule has 0 aliphatic carbocycles. The fourth-order valence-corrected chi connectivity index (χ4v) is 0.564. The quantitative estimate of drug-likeness (QED) is 0.494. The van der Waals surface area contributed by atoms with Crippen molar-refractivity contribution in [3.63, 3.8) is 0 Å². The van der Waals surface area contributed by atoms with E-state index in [0.717, 1.165) is 0 Å². The molecule has 2 aromatic heterocycles. The third kappa shape index (κ3) is 1.88. The first kappa shape index (κ1) is 7.45. The standard InChI is InChI=1S/C2H3BN8O2/c3(12-1-4-8-9-5-1)13-2-6-10-11-7-2/h3H,(H,4,5,8,9)(H,6,7,10,11). The number of aromatic nitrogens is 8. The molecule has 66 valence electrons. The zero-order valence-electron chi connectivity index (χ0n) is 6.21. The van der Waals surface area contributed by atoms with Gasteiger partial charge in [0.2, 0.25) is 0 Å². The van der Waals surface area contributed by atoms with Crippen LogP contribution in [0.2, 0.25) is 0 Å². The van der Waals surface area contributed by atoms with Crippen molar-refractivity contribution in [3.8, 4) is 12.0 Å². The van der Waals surface area contributed by atoms with Crippen LogP contribution < -0.4 is 9.31 Å². The van der Waals surface area contributed by atoms with Crippen molar-refractivity contribution in [1.29, 1.82) is 0 Å². The number of tetrazole rings is 2. The van der Waals surface area contributed by atoms with Crippen LogP contribution >= 0.6 is 0 Å². The average Bonchev–Trinajstić information content (AvgIpc) is 2.75. The Morgan fingerprint density at radius 3 is 1.85 bits per heavy atom. The minimum Gasteiger partial charge on any atom is -0.499 e. The third-order valence-electron chi connectivity index (χ3n) is 1.04. The summed E-state index contributed by atoms with van der Waals surface area (Å²) in [5, 5.41) is 24.8. The molecule has 2 aromatic rings. The Kier molecular flexibility index (Phi) is 1.99. The van der Waals surface area contributed by atoms with Crippen molar-refractivity contribution in [1.82, 2.24) is 41.2 Å². The van der Waals surface area contributed by atoms with Gasteiger partial charge in [-0.25, -0.2) is 10.2 Å². The van der Waals surface area contributed by atoms with E-state index in [1.807, 2.05) is 0 Å². The highest BCUT2D eigenvalue weighted by Crippen LogP contribution is 1.95. The number of hydrogen-bond donors (Lipinski definition) is 2. The van der Waals surface area contributed by atoms with E-state index in [0.29, 0.717) is 0 Å². The topological polar surface area (TPSA) is 127 Å². The lowest BCUT2D eigenvalue weighted by Gasteiger charge is -1.97. The van der Waals surface area contributed by atoms with Gasteiger partial charge < -0.3 is 9.31 Å². The van der Waals surface area contributed by atoms with Crippen LogP contribution in [0.5, 0.6) is 12.0 Å². The van der Waals surface area contributed by atoms with Gasteiger partial charge >= 0.3 is 19.7 Å². The van der Waals surface area contributed by atoms with Gasteiger partial charge in [0.15, 0.2) is 0 Å². The average molecular weight is 182 g/mol. The largest absolute Gasteiger partial charge is 0.580 e. The van der Waals surface area contributed by atoms with Crippen LogP contribution in [0.4, 0.5) is 0 Å². The van der Waals surface area contributed by atoms with E-state index in [9.17, 15) is 0 Å². The molecule has 0 aliphatic heterocycles. The number of nitrogens with one attached hydrogen (secondary N) is 2. The minimum atomic E-state index is -0.0895. The fourth-order valence-electron chi connectivity index (χ4n) is 0.564. The lowest BCUT2D eigenvalue weighted by Crippen LogP contribution is -2.12. The lowest BCUT2D eigenvalue weighted by atomic mass is 10.4. The van der Waals surface area contributed by atoms with Crippen LogP contribution in [0.3, 0.4) is 0 Å². The molecule has 0 unspecified atom stereocenters. The van der Waals surface area contributed by atoms with Crippen molar-refractivity contribution in [2.75, 3.05) is 0 Å². The first-order valence-electron chi connectivity index (χ1n) is 3.18. The molecule has 11 heteroatoms. The number of aromatic amines is 2. The Balaban J connectivity index is 1.76. The SMILES string of the molecule is B(Oc1nnn[nH]1)Oc1nnn[nH]1. The van der Waals surface area contributed by atoms with Gasteiger partial charge in [0.25, 0.3) is 0 Å². The summed E-state index contributed by atoms with van der Waals surface area (Å²) in [6.07, 6.45) is 0. The number of nitrogens with zero attached hydrogens (tertiary/aromatic N) is 6. The van der Waals surface area contributed by atoms with E-state index in [4.69, 9.17) is 9.31 Å². The molecule has 0 saturated heterocycles. The molecule has 0 saturated carbocycles. The Hall–Kier alpha value is -2.20. The first-order valence-corrected chi connectivity index (χ1v) is 3.18. The van der Waals surface area contributed by atoms with Crippen LogP contribution in [-0.2, 0) is 0 Å². The van der Waals surface area contributed by atoms with Crippen molar-refractivity contribution >= 4 is 7.69 Å². The summed E-state index contributed by atoms with van der Waals surface area (Å²) in [5.74, 6) is 0. The second kappa shape index (κ2) is 3.47. The molecule has 0 spiro atoms. The monoisotopic (exact) mass is 182 g/mol. The predicted octanol–water partition coefficient (Wildman–Crippen LogP) is -2.56. The molecule has 2 N–H and O–H groups in total. The molecule has 0 fully saturated rings. The molecule has 13 heavy (non-hydrogen) atoms. The van der Waals surface area contributed by atoms with E-state index >= 15 is 0 Å². The molecule has 0 atom stereocenters. The van der Waals surface area contributed by atoms with E-state index in [-0.39, 0.29) is 19.7 Å². The summed E-state index contributed by atoms with van der Waals surface area (Å²) in [4.78, 5) is 0. The highest BCUT2D eigenvalue weighted by molar-refractivity contribution is 6.20. The van der Waals surface area contributed by atoms with E-state index < -0.39 is 0 Å². The fraction of sp³-hybridized carbons (Fsp3) is 0. The van der Waals surface area contributed by atoms with Crippen molar-refractivity contribution in [2.24, 2.45) is 0 Å². The van der Waals surface area contributed by atoms with Gasteiger partial charge in [-0.2, -0.15) is 0 Å². The summed E-state index contributed by atoms with van der Waals surface area (Å²) in [6.45, 7) is 0. The molecule has 0 bridgehead atoms. The minimum absolute atomic E-state index is 0.0895. The van der Waals surface area contributed by atoms with Gasteiger partial charge in [0, 0.05) is 0 Å². The third-order valence-corrected chi connectivity index (χ3v) is 1.04. The second-order valence-corrected chi connectivity index (χ2v) is 1.82. The van der Waals surface area contributed by atoms with Crippen molar-refractivity contribution < 1.29 is 9.31 Å². The highest BCUT2D eigenvalue weighted by atomic mass is 16.6. The van der Waals surface area contributed by atoms with Gasteiger partial charge in [0.1, 0.15) is 0 Å². The lowest BCUT2D eigenvalue weighted by molar-refractivity contribution is 0.418. The molecule has 2 heterocycles. The molecule has 0 amide bonds. The molecular weight excluding hydrogens is 179 g/mol. The zero-order valence-corrected chi connectivity index (χ0v) is 6.21. The maximum Gasteiger partial charge on any atom is 0.580 e. The van der Waals surface area contributed by atoms with Crippen LogP contribution in [0.15, 0.2) is 0 Å². The summed E-state index contributed by atoms with van der Waals surface area (Å²) in [5.41, 5.74) is 0. The maximum absolute atomic E-state index is 4.89. The van der Waals surface area contributed by atoms with Gasteiger partial charge in [-0.3, -0.25) is 0 Å². The molecule has 0 radical (unpaired) electrons. The number of rotatable bonds is 4.